The lowest BCUT2D eigenvalue weighted by Gasteiger charge is -2.45. The summed E-state index contributed by atoms with van der Waals surface area (Å²) >= 11 is 0. The van der Waals surface area contributed by atoms with Crippen LogP contribution < -0.4 is 0 Å². The lowest BCUT2D eigenvalue weighted by atomic mass is 9.66. The van der Waals surface area contributed by atoms with Crippen molar-refractivity contribution in [2.24, 2.45) is 11.3 Å². The summed E-state index contributed by atoms with van der Waals surface area (Å²) in [7, 11) is 0. The van der Waals surface area contributed by atoms with Crippen LogP contribution in [0.3, 0.4) is 0 Å². The Kier molecular flexibility index (Phi) is 3.53. The molecule has 92 valence electrons. The maximum Gasteiger partial charge on any atom is 0.303 e. The first-order valence-electron chi connectivity index (χ1n) is 6.54. The number of nitrogens with zero attached hydrogens (tertiary/aromatic N) is 1. The second-order valence-corrected chi connectivity index (χ2v) is 5.88. The van der Waals surface area contributed by atoms with Gasteiger partial charge in [-0.2, -0.15) is 0 Å². The third-order valence-electron chi connectivity index (χ3n) is 4.38. The van der Waals surface area contributed by atoms with E-state index in [4.69, 9.17) is 5.11 Å². The summed E-state index contributed by atoms with van der Waals surface area (Å²) in [6.45, 7) is 5.67. The summed E-state index contributed by atoms with van der Waals surface area (Å²) in [6.07, 6.45) is 6.39. The maximum absolute atomic E-state index is 10.9. The molecule has 0 aromatic rings. The van der Waals surface area contributed by atoms with Crippen molar-refractivity contribution >= 4 is 5.97 Å². The van der Waals surface area contributed by atoms with Crippen molar-refractivity contribution in [1.82, 2.24) is 4.90 Å². The minimum Gasteiger partial charge on any atom is -0.481 e. The summed E-state index contributed by atoms with van der Waals surface area (Å²) in [5.41, 5.74) is 0.117. The zero-order valence-electron chi connectivity index (χ0n) is 10.2. The molecule has 2 fully saturated rings. The number of rotatable bonds is 4. The standard InChI is InChI=1S/C13H23NO2/c1-11-3-7-14(8-4-11)10-13(5-2-6-13)9-12(15)16/h11H,2-10H2,1H3,(H,15,16). The van der Waals surface area contributed by atoms with Gasteiger partial charge in [0, 0.05) is 6.54 Å². The van der Waals surface area contributed by atoms with Crippen molar-refractivity contribution in [1.29, 1.82) is 0 Å². The van der Waals surface area contributed by atoms with Gasteiger partial charge in [-0.25, -0.2) is 0 Å². The van der Waals surface area contributed by atoms with Crippen molar-refractivity contribution in [2.75, 3.05) is 19.6 Å². The molecule has 0 aromatic carbocycles. The summed E-state index contributed by atoms with van der Waals surface area (Å²) in [5, 5.41) is 8.97. The van der Waals surface area contributed by atoms with Gasteiger partial charge in [0.25, 0.3) is 0 Å². The summed E-state index contributed by atoms with van der Waals surface area (Å²) in [5.74, 6) is 0.234. The van der Waals surface area contributed by atoms with Gasteiger partial charge in [-0.15, -0.1) is 0 Å². The highest BCUT2D eigenvalue weighted by atomic mass is 16.4. The second kappa shape index (κ2) is 4.74. The van der Waals surface area contributed by atoms with Crippen molar-refractivity contribution in [2.45, 2.75) is 45.4 Å². The number of hydrogen-bond donors (Lipinski definition) is 1. The highest BCUT2D eigenvalue weighted by Gasteiger charge is 2.40. The smallest absolute Gasteiger partial charge is 0.303 e. The molecule has 0 bridgehead atoms. The molecule has 1 saturated carbocycles. The Hall–Kier alpha value is -0.570. The fourth-order valence-corrected chi connectivity index (χ4v) is 3.08. The van der Waals surface area contributed by atoms with E-state index < -0.39 is 5.97 Å². The largest absolute Gasteiger partial charge is 0.481 e. The normalized spacial score (nSPS) is 26.3. The maximum atomic E-state index is 10.9. The molecular weight excluding hydrogens is 202 g/mol. The van der Waals surface area contributed by atoms with Crippen LogP contribution in [0, 0.1) is 11.3 Å². The topological polar surface area (TPSA) is 40.5 Å². The molecule has 0 atom stereocenters. The van der Waals surface area contributed by atoms with Crippen LogP contribution in [-0.2, 0) is 4.79 Å². The molecule has 3 heteroatoms. The third-order valence-corrected chi connectivity index (χ3v) is 4.38. The Labute approximate surface area is 97.8 Å². The van der Waals surface area contributed by atoms with Gasteiger partial charge >= 0.3 is 5.97 Å². The Bertz CT molecular complexity index is 253. The number of carboxylic acids is 1. The number of hydrogen-bond acceptors (Lipinski definition) is 2. The molecule has 0 radical (unpaired) electrons. The predicted octanol–water partition coefficient (Wildman–Crippen LogP) is 2.36. The van der Waals surface area contributed by atoms with Gasteiger partial charge < -0.3 is 10.0 Å². The average Bonchev–Trinajstić information content (AvgIpc) is 2.17. The first kappa shape index (κ1) is 11.9. The molecule has 0 amide bonds. The molecule has 1 aliphatic heterocycles. The molecule has 0 aromatic heterocycles. The van der Waals surface area contributed by atoms with Gasteiger partial charge in [0.1, 0.15) is 0 Å². The number of carboxylic acid groups (broad SMARTS) is 1. The SMILES string of the molecule is CC1CCN(CC2(CC(=O)O)CCC2)CC1. The van der Waals surface area contributed by atoms with E-state index in [0.29, 0.717) is 6.42 Å². The highest BCUT2D eigenvalue weighted by Crippen LogP contribution is 2.45. The van der Waals surface area contributed by atoms with Crippen LogP contribution >= 0.6 is 0 Å². The Morgan fingerprint density at radius 2 is 2.00 bits per heavy atom. The summed E-state index contributed by atoms with van der Waals surface area (Å²) < 4.78 is 0. The Morgan fingerprint density at radius 1 is 1.38 bits per heavy atom. The molecule has 2 aliphatic rings. The summed E-state index contributed by atoms with van der Waals surface area (Å²) in [4.78, 5) is 13.4. The van der Waals surface area contributed by atoms with Gasteiger partial charge in [0.15, 0.2) is 0 Å². The zero-order chi connectivity index (χ0) is 11.6. The molecule has 1 heterocycles. The van der Waals surface area contributed by atoms with Crippen LogP contribution in [0.25, 0.3) is 0 Å². The van der Waals surface area contributed by atoms with Crippen LogP contribution in [0.5, 0.6) is 0 Å². The van der Waals surface area contributed by atoms with Gasteiger partial charge in [0.05, 0.1) is 6.42 Å². The lowest BCUT2D eigenvalue weighted by molar-refractivity contribution is -0.142. The number of aliphatic carboxylic acids is 1. The number of piperidine rings is 1. The minimum atomic E-state index is -0.620. The Morgan fingerprint density at radius 3 is 2.44 bits per heavy atom. The van der Waals surface area contributed by atoms with Crippen LogP contribution in [0.15, 0.2) is 0 Å². The zero-order valence-corrected chi connectivity index (χ0v) is 10.2. The molecular formula is C13H23NO2. The molecule has 0 spiro atoms. The third kappa shape index (κ3) is 2.76. The number of carbonyl (C=O) groups is 1. The molecule has 16 heavy (non-hydrogen) atoms. The Balaban J connectivity index is 1.84. The fraction of sp³-hybridized carbons (Fsp3) is 0.923. The van der Waals surface area contributed by atoms with E-state index in [2.05, 4.69) is 11.8 Å². The van der Waals surface area contributed by atoms with E-state index in [9.17, 15) is 4.79 Å². The van der Waals surface area contributed by atoms with Crippen LogP contribution in [0.1, 0.15) is 45.4 Å². The molecule has 1 N–H and O–H groups in total. The van der Waals surface area contributed by atoms with Crippen molar-refractivity contribution in [3.63, 3.8) is 0 Å². The van der Waals surface area contributed by atoms with E-state index >= 15 is 0 Å². The van der Waals surface area contributed by atoms with Gasteiger partial charge in [-0.05, 0) is 50.1 Å². The average molecular weight is 225 g/mol. The first-order valence-corrected chi connectivity index (χ1v) is 6.54. The predicted molar refractivity (Wildman–Crippen MR) is 63.4 cm³/mol. The van der Waals surface area contributed by atoms with Crippen LogP contribution in [0.2, 0.25) is 0 Å². The van der Waals surface area contributed by atoms with E-state index in [1.54, 1.807) is 0 Å². The van der Waals surface area contributed by atoms with Gasteiger partial charge in [0.2, 0.25) is 0 Å². The van der Waals surface area contributed by atoms with Crippen LogP contribution in [-0.4, -0.2) is 35.6 Å². The van der Waals surface area contributed by atoms with Crippen molar-refractivity contribution in [3.05, 3.63) is 0 Å². The van der Waals surface area contributed by atoms with Crippen LogP contribution in [0.4, 0.5) is 0 Å². The van der Waals surface area contributed by atoms with E-state index in [1.807, 2.05) is 0 Å². The monoisotopic (exact) mass is 225 g/mol. The van der Waals surface area contributed by atoms with Gasteiger partial charge in [-0.3, -0.25) is 4.79 Å². The second-order valence-electron chi connectivity index (χ2n) is 5.88. The molecule has 1 saturated heterocycles. The lowest BCUT2D eigenvalue weighted by Crippen LogP contribution is -2.46. The fourth-order valence-electron chi connectivity index (χ4n) is 3.08. The van der Waals surface area contributed by atoms with E-state index in [1.165, 1.54) is 32.4 Å². The van der Waals surface area contributed by atoms with Gasteiger partial charge in [-0.1, -0.05) is 13.3 Å². The number of likely N-dealkylation sites (tertiary alicyclic amines) is 1. The van der Waals surface area contributed by atoms with Crippen molar-refractivity contribution in [3.8, 4) is 0 Å². The first-order chi connectivity index (χ1) is 7.60. The summed E-state index contributed by atoms with van der Waals surface area (Å²) in [6, 6.07) is 0. The molecule has 0 unspecified atom stereocenters. The minimum absolute atomic E-state index is 0.117. The van der Waals surface area contributed by atoms with Crippen molar-refractivity contribution < 1.29 is 9.90 Å². The molecule has 1 aliphatic carbocycles. The van der Waals surface area contributed by atoms with E-state index in [0.717, 1.165) is 25.3 Å². The molecule has 2 rings (SSSR count). The molecule has 3 nitrogen and oxygen atoms in total. The van der Waals surface area contributed by atoms with E-state index in [-0.39, 0.29) is 5.41 Å². The highest BCUT2D eigenvalue weighted by molar-refractivity contribution is 5.68. The quantitative estimate of drug-likeness (QED) is 0.798.